The van der Waals surface area contributed by atoms with Crippen LogP contribution in [0.2, 0.25) is 0 Å². The van der Waals surface area contributed by atoms with E-state index in [0.29, 0.717) is 0 Å². The standard InChI is InChI=1S/C24H33N5O/c1-19-5-7-20(8-6-19)23-25-13-9-22(27-23)29-17-10-21(11-18-29)24(30)26-12-4-16-28-14-2-3-15-28/h5-9,13,21H,2-4,10-12,14-18H2,1H3,(H,26,30). The van der Waals surface area contributed by atoms with Crippen molar-refractivity contribution in [2.45, 2.75) is 39.0 Å². The van der Waals surface area contributed by atoms with Gasteiger partial charge in [0.25, 0.3) is 0 Å². The van der Waals surface area contributed by atoms with E-state index < -0.39 is 0 Å². The number of carbonyl (C=O) groups is 1. The Labute approximate surface area is 179 Å². The number of aryl methyl sites for hydroxylation is 1. The van der Waals surface area contributed by atoms with E-state index >= 15 is 0 Å². The molecule has 0 atom stereocenters. The summed E-state index contributed by atoms with van der Waals surface area (Å²) in [5.41, 5.74) is 2.26. The van der Waals surface area contributed by atoms with Crippen molar-refractivity contribution in [2.75, 3.05) is 44.2 Å². The van der Waals surface area contributed by atoms with E-state index in [2.05, 4.69) is 51.3 Å². The van der Waals surface area contributed by atoms with Crippen LogP contribution >= 0.6 is 0 Å². The number of anilines is 1. The van der Waals surface area contributed by atoms with Crippen molar-refractivity contribution in [2.24, 2.45) is 5.92 Å². The van der Waals surface area contributed by atoms with Crippen LogP contribution < -0.4 is 10.2 Å². The van der Waals surface area contributed by atoms with Gasteiger partial charge in [0.15, 0.2) is 5.82 Å². The molecule has 2 saturated heterocycles. The van der Waals surface area contributed by atoms with Gasteiger partial charge < -0.3 is 15.1 Å². The first-order chi connectivity index (χ1) is 14.7. The van der Waals surface area contributed by atoms with E-state index in [-0.39, 0.29) is 11.8 Å². The molecule has 1 N–H and O–H groups in total. The predicted molar refractivity (Wildman–Crippen MR) is 120 cm³/mol. The minimum absolute atomic E-state index is 0.117. The fourth-order valence-corrected chi connectivity index (χ4v) is 4.40. The molecule has 4 rings (SSSR count). The summed E-state index contributed by atoms with van der Waals surface area (Å²) >= 11 is 0. The van der Waals surface area contributed by atoms with Crippen molar-refractivity contribution in [3.8, 4) is 11.4 Å². The number of rotatable bonds is 7. The molecular weight excluding hydrogens is 374 g/mol. The molecule has 0 bridgehead atoms. The van der Waals surface area contributed by atoms with Crippen LogP contribution in [-0.2, 0) is 4.79 Å². The minimum Gasteiger partial charge on any atom is -0.356 e. The minimum atomic E-state index is 0.117. The first-order valence-corrected chi connectivity index (χ1v) is 11.3. The molecule has 0 saturated carbocycles. The lowest BCUT2D eigenvalue weighted by Crippen LogP contribution is -2.41. The summed E-state index contributed by atoms with van der Waals surface area (Å²) in [6.07, 6.45) is 7.28. The molecule has 1 aromatic carbocycles. The number of carbonyl (C=O) groups excluding carboxylic acids is 1. The van der Waals surface area contributed by atoms with Crippen LogP contribution in [0.5, 0.6) is 0 Å². The van der Waals surface area contributed by atoms with E-state index in [9.17, 15) is 4.79 Å². The van der Waals surface area contributed by atoms with Gasteiger partial charge in [-0.1, -0.05) is 29.8 Å². The molecule has 1 amide bonds. The van der Waals surface area contributed by atoms with E-state index in [1.807, 2.05) is 12.3 Å². The van der Waals surface area contributed by atoms with Gasteiger partial charge >= 0.3 is 0 Å². The van der Waals surface area contributed by atoms with E-state index in [4.69, 9.17) is 4.98 Å². The molecule has 30 heavy (non-hydrogen) atoms. The largest absolute Gasteiger partial charge is 0.356 e. The highest BCUT2D eigenvalue weighted by atomic mass is 16.1. The molecule has 2 fully saturated rings. The third-order valence-electron chi connectivity index (χ3n) is 6.29. The lowest BCUT2D eigenvalue weighted by Gasteiger charge is -2.32. The number of aromatic nitrogens is 2. The van der Waals surface area contributed by atoms with Gasteiger partial charge in [-0.25, -0.2) is 9.97 Å². The predicted octanol–water partition coefficient (Wildman–Crippen LogP) is 3.27. The van der Waals surface area contributed by atoms with Gasteiger partial charge in [-0.2, -0.15) is 0 Å². The Morgan fingerprint density at radius 1 is 1.07 bits per heavy atom. The third-order valence-corrected chi connectivity index (χ3v) is 6.29. The first-order valence-electron chi connectivity index (χ1n) is 11.3. The highest BCUT2D eigenvalue weighted by Gasteiger charge is 2.25. The quantitative estimate of drug-likeness (QED) is 0.714. The summed E-state index contributed by atoms with van der Waals surface area (Å²) in [4.78, 5) is 26.5. The number of piperidine rings is 1. The second-order valence-corrected chi connectivity index (χ2v) is 8.56. The van der Waals surface area contributed by atoms with Crippen molar-refractivity contribution in [3.05, 3.63) is 42.1 Å². The van der Waals surface area contributed by atoms with Crippen LogP contribution in [0.3, 0.4) is 0 Å². The zero-order valence-corrected chi connectivity index (χ0v) is 18.0. The van der Waals surface area contributed by atoms with Crippen molar-refractivity contribution in [3.63, 3.8) is 0 Å². The Kier molecular flexibility index (Phi) is 6.95. The number of hydrogen-bond acceptors (Lipinski definition) is 5. The molecule has 2 aliphatic heterocycles. The molecule has 3 heterocycles. The average Bonchev–Trinajstić information content (AvgIpc) is 3.31. The third kappa shape index (κ3) is 5.36. The smallest absolute Gasteiger partial charge is 0.223 e. The van der Waals surface area contributed by atoms with Crippen LogP contribution in [0.4, 0.5) is 5.82 Å². The zero-order chi connectivity index (χ0) is 20.8. The van der Waals surface area contributed by atoms with E-state index in [0.717, 1.165) is 62.6 Å². The zero-order valence-electron chi connectivity index (χ0n) is 18.0. The van der Waals surface area contributed by atoms with Crippen molar-refractivity contribution in [1.82, 2.24) is 20.2 Å². The molecule has 0 radical (unpaired) electrons. The van der Waals surface area contributed by atoms with Crippen LogP contribution in [0, 0.1) is 12.8 Å². The maximum absolute atomic E-state index is 12.5. The molecule has 6 heteroatoms. The maximum Gasteiger partial charge on any atom is 0.223 e. The van der Waals surface area contributed by atoms with Gasteiger partial charge in [0.05, 0.1) is 0 Å². The highest BCUT2D eigenvalue weighted by molar-refractivity contribution is 5.79. The number of benzene rings is 1. The Bertz CT molecular complexity index is 824. The molecule has 160 valence electrons. The summed E-state index contributed by atoms with van der Waals surface area (Å²) < 4.78 is 0. The molecule has 0 aliphatic carbocycles. The number of nitrogens with zero attached hydrogens (tertiary/aromatic N) is 4. The van der Waals surface area contributed by atoms with Gasteiger partial charge in [-0.05, 0) is 64.7 Å². The first kappa shape index (κ1) is 20.8. The Balaban J connectivity index is 1.24. The van der Waals surface area contributed by atoms with Crippen LogP contribution in [0.15, 0.2) is 36.5 Å². The molecule has 2 aliphatic rings. The summed E-state index contributed by atoms with van der Waals surface area (Å²) in [6, 6.07) is 10.3. The van der Waals surface area contributed by atoms with Crippen LogP contribution in [0.1, 0.15) is 37.7 Å². The fraction of sp³-hybridized carbons (Fsp3) is 0.542. The number of nitrogens with one attached hydrogen (secondary N) is 1. The highest BCUT2D eigenvalue weighted by Crippen LogP contribution is 2.24. The summed E-state index contributed by atoms with van der Waals surface area (Å²) in [5, 5.41) is 3.16. The monoisotopic (exact) mass is 407 g/mol. The van der Waals surface area contributed by atoms with Gasteiger partial charge in [0.1, 0.15) is 5.82 Å². The number of likely N-dealkylation sites (tertiary alicyclic amines) is 1. The van der Waals surface area contributed by atoms with Gasteiger partial charge in [0.2, 0.25) is 5.91 Å². The average molecular weight is 408 g/mol. The molecule has 0 unspecified atom stereocenters. The van der Waals surface area contributed by atoms with Crippen LogP contribution in [0.25, 0.3) is 11.4 Å². The number of amides is 1. The molecule has 2 aromatic rings. The van der Waals surface area contributed by atoms with E-state index in [1.165, 1.54) is 31.5 Å². The lowest BCUT2D eigenvalue weighted by atomic mass is 9.96. The van der Waals surface area contributed by atoms with Crippen molar-refractivity contribution >= 4 is 11.7 Å². The molecule has 0 spiro atoms. The fourth-order valence-electron chi connectivity index (χ4n) is 4.40. The summed E-state index contributed by atoms with van der Waals surface area (Å²) in [5.74, 6) is 2.04. The second kappa shape index (κ2) is 10.0. The maximum atomic E-state index is 12.5. The Morgan fingerprint density at radius 2 is 1.80 bits per heavy atom. The normalized spacial score (nSPS) is 18.0. The molecular formula is C24H33N5O. The molecule has 1 aromatic heterocycles. The van der Waals surface area contributed by atoms with Crippen LogP contribution in [-0.4, -0.2) is 60.0 Å². The topological polar surface area (TPSA) is 61.4 Å². The lowest BCUT2D eigenvalue weighted by molar-refractivity contribution is -0.125. The van der Waals surface area contributed by atoms with Gasteiger partial charge in [-0.3, -0.25) is 4.79 Å². The summed E-state index contributed by atoms with van der Waals surface area (Å²) in [6.45, 7) is 8.14. The van der Waals surface area contributed by atoms with Gasteiger partial charge in [0, 0.05) is 37.3 Å². The second-order valence-electron chi connectivity index (χ2n) is 8.56. The summed E-state index contributed by atoms with van der Waals surface area (Å²) in [7, 11) is 0. The van der Waals surface area contributed by atoms with Crippen molar-refractivity contribution < 1.29 is 4.79 Å². The SMILES string of the molecule is Cc1ccc(-c2nccc(N3CCC(C(=O)NCCCN4CCCC4)CC3)n2)cc1. The van der Waals surface area contributed by atoms with Crippen molar-refractivity contribution in [1.29, 1.82) is 0 Å². The van der Waals surface area contributed by atoms with E-state index in [1.54, 1.807) is 0 Å². The number of hydrogen-bond donors (Lipinski definition) is 1. The Hall–Kier alpha value is -2.47. The Morgan fingerprint density at radius 3 is 2.53 bits per heavy atom. The van der Waals surface area contributed by atoms with Gasteiger partial charge in [-0.15, -0.1) is 0 Å². The molecule has 6 nitrogen and oxygen atoms in total.